The van der Waals surface area contributed by atoms with Gasteiger partial charge in [0.05, 0.1) is 12.1 Å². The Bertz CT molecular complexity index is 584. The van der Waals surface area contributed by atoms with E-state index in [9.17, 15) is 9.50 Å². The molecule has 148 valence electrons. The number of aliphatic imine (C=N–C) groups is 1. The molecule has 1 saturated heterocycles. The van der Waals surface area contributed by atoms with E-state index in [-0.39, 0.29) is 29.8 Å². The first-order chi connectivity index (χ1) is 12.1. The van der Waals surface area contributed by atoms with Crippen LogP contribution in [0.25, 0.3) is 0 Å². The van der Waals surface area contributed by atoms with Crippen LogP contribution in [0.5, 0.6) is 0 Å². The first-order valence-corrected chi connectivity index (χ1v) is 10.0. The van der Waals surface area contributed by atoms with E-state index in [0.29, 0.717) is 45.1 Å². The van der Waals surface area contributed by atoms with E-state index in [1.165, 1.54) is 6.07 Å². The third-order valence-electron chi connectivity index (χ3n) is 4.23. The summed E-state index contributed by atoms with van der Waals surface area (Å²) in [5, 5.41) is 17.0. The number of guanidine groups is 1. The number of thioether (sulfide) groups is 1. The van der Waals surface area contributed by atoms with Gasteiger partial charge in [-0.05, 0) is 36.4 Å². The van der Waals surface area contributed by atoms with Crippen LogP contribution in [-0.4, -0.2) is 49.2 Å². The minimum Gasteiger partial charge on any atom is -0.388 e. The summed E-state index contributed by atoms with van der Waals surface area (Å²) in [7, 11) is 0. The predicted molar refractivity (Wildman–Crippen MR) is 117 cm³/mol. The molecule has 26 heavy (non-hydrogen) atoms. The van der Waals surface area contributed by atoms with Gasteiger partial charge in [0.1, 0.15) is 5.82 Å². The minimum atomic E-state index is -0.756. The molecule has 0 aliphatic carbocycles. The zero-order valence-electron chi connectivity index (χ0n) is 15.4. The van der Waals surface area contributed by atoms with Crippen LogP contribution in [0.4, 0.5) is 4.39 Å². The highest BCUT2D eigenvalue weighted by molar-refractivity contribution is 14.0. The molecule has 0 atom stereocenters. The van der Waals surface area contributed by atoms with Crippen LogP contribution in [0, 0.1) is 5.82 Å². The van der Waals surface area contributed by atoms with E-state index in [4.69, 9.17) is 4.74 Å². The summed E-state index contributed by atoms with van der Waals surface area (Å²) in [6.45, 7) is 4.79. The Morgan fingerprint density at radius 3 is 2.69 bits per heavy atom. The van der Waals surface area contributed by atoms with Crippen molar-refractivity contribution in [2.75, 3.05) is 32.6 Å². The number of hydrogen-bond acceptors (Lipinski definition) is 4. The molecular formula is C18H29FIN3O2S. The van der Waals surface area contributed by atoms with Gasteiger partial charge < -0.3 is 20.5 Å². The molecule has 0 unspecified atom stereocenters. The van der Waals surface area contributed by atoms with Crippen molar-refractivity contribution in [3.8, 4) is 0 Å². The Hall–Kier alpha value is -0.580. The van der Waals surface area contributed by atoms with Crippen molar-refractivity contribution >= 4 is 41.7 Å². The lowest BCUT2D eigenvalue weighted by Gasteiger charge is -2.32. The Kier molecular flexibility index (Phi) is 10.8. The fourth-order valence-electron chi connectivity index (χ4n) is 2.72. The van der Waals surface area contributed by atoms with Crippen molar-refractivity contribution in [2.45, 2.75) is 37.7 Å². The van der Waals surface area contributed by atoms with Crippen LogP contribution < -0.4 is 10.6 Å². The number of ether oxygens (including phenoxy) is 1. The lowest BCUT2D eigenvalue weighted by Crippen LogP contribution is -2.49. The molecule has 0 aromatic heterocycles. The average molecular weight is 497 g/mol. The lowest BCUT2D eigenvalue weighted by atomic mass is 9.94. The zero-order chi connectivity index (χ0) is 18.1. The van der Waals surface area contributed by atoms with Gasteiger partial charge in [-0.2, -0.15) is 11.8 Å². The van der Waals surface area contributed by atoms with Crippen LogP contribution in [0.2, 0.25) is 0 Å². The first-order valence-electron chi connectivity index (χ1n) is 8.65. The SMILES string of the molecule is CCNC(=NCc1ccc(F)cc1CSC)NCC1(O)CCOCC1.I. The van der Waals surface area contributed by atoms with E-state index < -0.39 is 5.60 Å². The predicted octanol–water partition coefficient (Wildman–Crippen LogP) is 2.90. The molecule has 1 aromatic carbocycles. The van der Waals surface area contributed by atoms with Crippen LogP contribution in [-0.2, 0) is 17.0 Å². The van der Waals surface area contributed by atoms with E-state index in [0.717, 1.165) is 23.4 Å². The Balaban J connectivity index is 0.00000338. The van der Waals surface area contributed by atoms with Crippen molar-refractivity contribution in [3.63, 3.8) is 0 Å². The first kappa shape index (κ1) is 23.5. The summed E-state index contributed by atoms with van der Waals surface area (Å²) in [5.41, 5.74) is 1.22. The molecule has 1 aliphatic rings. The molecule has 1 aliphatic heterocycles. The van der Waals surface area contributed by atoms with E-state index in [2.05, 4.69) is 15.6 Å². The maximum absolute atomic E-state index is 13.5. The molecule has 0 radical (unpaired) electrons. The maximum atomic E-state index is 13.5. The van der Waals surface area contributed by atoms with Crippen LogP contribution >= 0.6 is 35.7 Å². The summed E-state index contributed by atoms with van der Waals surface area (Å²) in [6.07, 6.45) is 3.24. The largest absolute Gasteiger partial charge is 0.388 e. The van der Waals surface area contributed by atoms with E-state index in [1.54, 1.807) is 23.9 Å². The molecule has 1 fully saturated rings. The monoisotopic (exact) mass is 497 g/mol. The number of benzene rings is 1. The smallest absolute Gasteiger partial charge is 0.191 e. The standard InChI is InChI=1S/C18H28FN3O2S.HI/c1-3-20-17(22-13-18(23)6-8-24-9-7-18)21-11-14-4-5-16(19)10-15(14)12-25-2;/h4-5,10,23H,3,6-9,11-13H2,1-2H3,(H2,20,21,22);1H. The van der Waals surface area contributed by atoms with Crippen molar-refractivity contribution in [3.05, 3.63) is 35.1 Å². The molecule has 0 amide bonds. The maximum Gasteiger partial charge on any atom is 0.191 e. The highest BCUT2D eigenvalue weighted by Gasteiger charge is 2.29. The molecular weight excluding hydrogens is 468 g/mol. The molecule has 8 heteroatoms. The number of halogens is 2. The second-order valence-corrected chi connectivity index (χ2v) is 7.10. The molecule has 2 rings (SSSR count). The minimum absolute atomic E-state index is 0. The van der Waals surface area contributed by atoms with E-state index in [1.807, 2.05) is 13.2 Å². The Labute approximate surface area is 176 Å². The summed E-state index contributed by atoms with van der Waals surface area (Å²) >= 11 is 1.66. The molecule has 5 nitrogen and oxygen atoms in total. The molecule has 0 bridgehead atoms. The van der Waals surface area contributed by atoms with Gasteiger partial charge in [-0.1, -0.05) is 6.07 Å². The molecule has 1 aromatic rings. The summed E-state index contributed by atoms with van der Waals surface area (Å²) in [5.74, 6) is 1.19. The number of hydrogen-bond donors (Lipinski definition) is 3. The number of aliphatic hydroxyl groups is 1. The van der Waals surface area contributed by atoms with Crippen molar-refractivity contribution < 1.29 is 14.2 Å². The number of rotatable bonds is 7. The molecule has 0 saturated carbocycles. The van der Waals surface area contributed by atoms with Crippen molar-refractivity contribution in [2.24, 2.45) is 4.99 Å². The fourth-order valence-corrected chi connectivity index (χ4v) is 3.30. The second kappa shape index (κ2) is 12.0. The Morgan fingerprint density at radius 1 is 1.31 bits per heavy atom. The van der Waals surface area contributed by atoms with Gasteiger partial charge in [0.2, 0.25) is 0 Å². The van der Waals surface area contributed by atoms with Crippen LogP contribution in [0.3, 0.4) is 0 Å². The van der Waals surface area contributed by atoms with Crippen LogP contribution in [0.1, 0.15) is 30.9 Å². The van der Waals surface area contributed by atoms with Crippen molar-refractivity contribution in [1.29, 1.82) is 0 Å². The van der Waals surface area contributed by atoms with Gasteiger partial charge in [0.15, 0.2) is 5.96 Å². The molecule has 1 heterocycles. The summed E-state index contributed by atoms with van der Waals surface area (Å²) in [4.78, 5) is 4.59. The molecule has 0 spiro atoms. The second-order valence-electron chi connectivity index (χ2n) is 6.23. The normalized spacial score (nSPS) is 16.7. The van der Waals surface area contributed by atoms with Gasteiger partial charge in [-0.3, -0.25) is 0 Å². The topological polar surface area (TPSA) is 65.9 Å². The van der Waals surface area contributed by atoms with Crippen molar-refractivity contribution in [1.82, 2.24) is 10.6 Å². The van der Waals surface area contributed by atoms with Gasteiger partial charge in [-0.15, -0.1) is 24.0 Å². The number of nitrogens with zero attached hydrogens (tertiary/aromatic N) is 1. The van der Waals surface area contributed by atoms with Gasteiger partial charge in [0.25, 0.3) is 0 Å². The Morgan fingerprint density at radius 2 is 2.04 bits per heavy atom. The quantitative estimate of drug-likeness (QED) is 0.307. The zero-order valence-corrected chi connectivity index (χ0v) is 18.5. The number of nitrogens with one attached hydrogen (secondary N) is 2. The summed E-state index contributed by atoms with van der Waals surface area (Å²) < 4.78 is 18.8. The highest BCUT2D eigenvalue weighted by atomic mass is 127. The lowest BCUT2D eigenvalue weighted by molar-refractivity contribution is -0.0594. The van der Waals surface area contributed by atoms with E-state index >= 15 is 0 Å². The average Bonchev–Trinajstić information content (AvgIpc) is 2.60. The van der Waals surface area contributed by atoms with Gasteiger partial charge in [-0.25, -0.2) is 9.38 Å². The van der Waals surface area contributed by atoms with Gasteiger partial charge >= 0.3 is 0 Å². The van der Waals surface area contributed by atoms with Crippen LogP contribution in [0.15, 0.2) is 23.2 Å². The summed E-state index contributed by atoms with van der Waals surface area (Å²) in [6, 6.07) is 4.84. The third kappa shape index (κ3) is 7.58. The highest BCUT2D eigenvalue weighted by Crippen LogP contribution is 2.19. The molecule has 3 N–H and O–H groups in total. The van der Waals surface area contributed by atoms with Gasteiger partial charge in [0, 0.05) is 44.9 Å². The fraction of sp³-hybridized carbons (Fsp3) is 0.611. The third-order valence-corrected chi connectivity index (χ3v) is 4.83.